The molecule has 0 amide bonds. The van der Waals surface area contributed by atoms with E-state index in [-0.39, 0.29) is 0 Å². The molecule has 0 aromatic carbocycles. The molecule has 1 aliphatic rings. The number of methoxy groups -OCH3 is 1. The van der Waals surface area contributed by atoms with Crippen LogP contribution in [-0.4, -0.2) is 29.6 Å². The molecule has 5 heteroatoms. The van der Waals surface area contributed by atoms with Crippen molar-refractivity contribution in [3.05, 3.63) is 11.7 Å². The Kier molecular flexibility index (Phi) is 3.42. The third-order valence-electron chi connectivity index (χ3n) is 2.22. The first-order valence-corrected chi connectivity index (χ1v) is 5.88. The zero-order valence-corrected chi connectivity index (χ0v) is 9.05. The van der Waals surface area contributed by atoms with Crippen LogP contribution in [0.15, 0.2) is 4.52 Å². The van der Waals surface area contributed by atoms with Crippen LogP contribution in [0.5, 0.6) is 0 Å². The fourth-order valence-electron chi connectivity index (χ4n) is 1.47. The van der Waals surface area contributed by atoms with Gasteiger partial charge in [-0.15, -0.1) is 11.8 Å². The summed E-state index contributed by atoms with van der Waals surface area (Å²) in [5.41, 5.74) is 0. The lowest BCUT2D eigenvalue weighted by molar-refractivity contribution is 0.199. The van der Waals surface area contributed by atoms with Gasteiger partial charge in [-0.05, 0) is 18.6 Å². The van der Waals surface area contributed by atoms with Crippen molar-refractivity contribution in [2.75, 3.05) is 19.5 Å². The molecule has 0 N–H and O–H groups in total. The summed E-state index contributed by atoms with van der Waals surface area (Å²) in [6, 6.07) is 0. The molecule has 2 heterocycles. The van der Waals surface area contributed by atoms with E-state index in [1.54, 1.807) is 7.11 Å². The zero-order chi connectivity index (χ0) is 9.80. The van der Waals surface area contributed by atoms with Gasteiger partial charge in [0.1, 0.15) is 0 Å². The molecule has 78 valence electrons. The van der Waals surface area contributed by atoms with Gasteiger partial charge in [-0.2, -0.15) is 4.98 Å². The number of thioether (sulfide) groups is 1. The van der Waals surface area contributed by atoms with E-state index in [0.717, 1.165) is 24.6 Å². The van der Waals surface area contributed by atoms with Gasteiger partial charge in [0.05, 0.1) is 11.9 Å². The minimum absolute atomic E-state index is 0.429. The van der Waals surface area contributed by atoms with Crippen LogP contribution >= 0.6 is 11.8 Å². The van der Waals surface area contributed by atoms with Crippen molar-refractivity contribution >= 4 is 11.8 Å². The average molecular weight is 214 g/mol. The van der Waals surface area contributed by atoms with E-state index in [9.17, 15) is 0 Å². The van der Waals surface area contributed by atoms with Gasteiger partial charge in [-0.3, -0.25) is 0 Å². The third kappa shape index (κ3) is 2.27. The van der Waals surface area contributed by atoms with E-state index in [4.69, 9.17) is 9.26 Å². The molecule has 0 bridgehead atoms. The number of nitrogens with zero attached hydrogens (tertiary/aromatic N) is 2. The number of aromatic nitrogens is 2. The Bertz CT molecular complexity index is 284. The first-order valence-electron chi connectivity index (χ1n) is 4.83. The highest BCUT2D eigenvalue weighted by molar-refractivity contribution is 7.99. The van der Waals surface area contributed by atoms with Crippen LogP contribution in [0.3, 0.4) is 0 Å². The molecule has 4 nitrogen and oxygen atoms in total. The van der Waals surface area contributed by atoms with E-state index in [1.165, 1.54) is 12.2 Å². The topological polar surface area (TPSA) is 48.2 Å². The minimum Gasteiger partial charge on any atom is -0.384 e. The van der Waals surface area contributed by atoms with Gasteiger partial charge in [0.2, 0.25) is 5.89 Å². The van der Waals surface area contributed by atoms with Gasteiger partial charge < -0.3 is 9.26 Å². The van der Waals surface area contributed by atoms with Crippen LogP contribution in [0.4, 0.5) is 0 Å². The molecule has 14 heavy (non-hydrogen) atoms. The molecule has 1 aromatic heterocycles. The van der Waals surface area contributed by atoms with Crippen LogP contribution in [0, 0.1) is 0 Å². The standard InChI is InChI=1S/C9H14N2O2S/c1-12-5-4-8-10-9(13-11-8)7-3-2-6-14-7/h7H,2-6H2,1H3. The molecule has 1 fully saturated rings. The van der Waals surface area contributed by atoms with Crippen molar-refractivity contribution in [1.29, 1.82) is 0 Å². The van der Waals surface area contributed by atoms with Crippen LogP contribution in [0.2, 0.25) is 0 Å². The monoisotopic (exact) mass is 214 g/mol. The van der Waals surface area contributed by atoms with Gasteiger partial charge in [0, 0.05) is 13.5 Å². The predicted octanol–water partition coefficient (Wildman–Crippen LogP) is 1.83. The predicted molar refractivity (Wildman–Crippen MR) is 54.3 cm³/mol. The van der Waals surface area contributed by atoms with Crippen molar-refractivity contribution in [3.63, 3.8) is 0 Å². The molecule has 1 atom stereocenters. The normalized spacial score (nSPS) is 21.6. The van der Waals surface area contributed by atoms with E-state index in [0.29, 0.717) is 11.9 Å². The van der Waals surface area contributed by atoms with E-state index in [1.807, 2.05) is 11.8 Å². The molecule has 1 unspecified atom stereocenters. The minimum atomic E-state index is 0.429. The highest BCUT2D eigenvalue weighted by Crippen LogP contribution is 2.38. The van der Waals surface area contributed by atoms with Gasteiger partial charge in [0.15, 0.2) is 5.82 Å². The number of hydrogen-bond acceptors (Lipinski definition) is 5. The van der Waals surface area contributed by atoms with E-state index in [2.05, 4.69) is 10.1 Å². The number of ether oxygens (including phenoxy) is 1. The second-order valence-electron chi connectivity index (χ2n) is 3.29. The summed E-state index contributed by atoms with van der Waals surface area (Å²) in [5.74, 6) is 2.76. The highest BCUT2D eigenvalue weighted by atomic mass is 32.2. The fraction of sp³-hybridized carbons (Fsp3) is 0.778. The molecule has 1 aromatic rings. The average Bonchev–Trinajstić information content (AvgIpc) is 2.85. The second-order valence-corrected chi connectivity index (χ2v) is 4.60. The fourth-order valence-corrected chi connectivity index (χ4v) is 2.66. The Morgan fingerprint density at radius 1 is 1.64 bits per heavy atom. The maximum Gasteiger partial charge on any atom is 0.239 e. The molecule has 0 saturated carbocycles. The zero-order valence-electron chi connectivity index (χ0n) is 8.23. The Morgan fingerprint density at radius 3 is 3.29 bits per heavy atom. The van der Waals surface area contributed by atoms with Crippen LogP contribution in [0.1, 0.15) is 29.8 Å². The Labute approximate surface area is 87.4 Å². The summed E-state index contributed by atoms with van der Waals surface area (Å²) in [7, 11) is 1.67. The molecular formula is C9H14N2O2S. The summed E-state index contributed by atoms with van der Waals surface area (Å²) < 4.78 is 10.2. The van der Waals surface area contributed by atoms with Crippen molar-refractivity contribution < 1.29 is 9.26 Å². The summed E-state index contributed by atoms with van der Waals surface area (Å²) in [6.07, 6.45) is 3.15. The maximum atomic E-state index is 5.21. The van der Waals surface area contributed by atoms with Gasteiger partial charge in [-0.1, -0.05) is 5.16 Å². The Balaban J connectivity index is 1.94. The van der Waals surface area contributed by atoms with Gasteiger partial charge >= 0.3 is 0 Å². The lowest BCUT2D eigenvalue weighted by Gasteiger charge is -1.98. The quantitative estimate of drug-likeness (QED) is 0.765. The molecule has 0 aliphatic carbocycles. The van der Waals surface area contributed by atoms with Gasteiger partial charge in [0.25, 0.3) is 0 Å². The molecule has 1 aliphatic heterocycles. The van der Waals surface area contributed by atoms with Gasteiger partial charge in [-0.25, -0.2) is 0 Å². The molecule has 0 spiro atoms. The Hall–Kier alpha value is -0.550. The first kappa shape index (κ1) is 9.98. The van der Waals surface area contributed by atoms with Crippen LogP contribution in [-0.2, 0) is 11.2 Å². The van der Waals surface area contributed by atoms with Crippen molar-refractivity contribution in [2.45, 2.75) is 24.5 Å². The second kappa shape index (κ2) is 4.79. The van der Waals surface area contributed by atoms with Crippen molar-refractivity contribution in [3.8, 4) is 0 Å². The molecule has 1 saturated heterocycles. The molecule has 0 radical (unpaired) electrons. The maximum absolute atomic E-state index is 5.21. The highest BCUT2D eigenvalue weighted by Gasteiger charge is 2.23. The van der Waals surface area contributed by atoms with Crippen LogP contribution in [0.25, 0.3) is 0 Å². The number of rotatable bonds is 4. The number of hydrogen-bond donors (Lipinski definition) is 0. The molecular weight excluding hydrogens is 200 g/mol. The van der Waals surface area contributed by atoms with Crippen molar-refractivity contribution in [2.24, 2.45) is 0 Å². The lowest BCUT2D eigenvalue weighted by Crippen LogP contribution is -1.97. The third-order valence-corrected chi connectivity index (χ3v) is 3.58. The summed E-state index contributed by atoms with van der Waals surface area (Å²) in [6.45, 7) is 0.650. The smallest absolute Gasteiger partial charge is 0.239 e. The van der Waals surface area contributed by atoms with Crippen molar-refractivity contribution in [1.82, 2.24) is 10.1 Å². The van der Waals surface area contributed by atoms with Crippen LogP contribution < -0.4 is 0 Å². The lowest BCUT2D eigenvalue weighted by atomic mass is 10.2. The summed E-state index contributed by atoms with van der Waals surface area (Å²) in [4.78, 5) is 4.35. The molecule has 2 rings (SSSR count). The SMILES string of the molecule is COCCc1noc(C2CCCS2)n1. The van der Waals surface area contributed by atoms with E-state index < -0.39 is 0 Å². The van der Waals surface area contributed by atoms with E-state index >= 15 is 0 Å². The summed E-state index contributed by atoms with van der Waals surface area (Å²) >= 11 is 1.91. The largest absolute Gasteiger partial charge is 0.384 e. The summed E-state index contributed by atoms with van der Waals surface area (Å²) in [5, 5.41) is 4.35. The Morgan fingerprint density at radius 2 is 2.57 bits per heavy atom. The first-order chi connectivity index (χ1) is 6.90.